The molecule has 1 aliphatic heterocycles. The molecule has 0 radical (unpaired) electrons. The maximum Gasteiger partial charge on any atom is 0.282 e. The molecule has 30 heavy (non-hydrogen) atoms. The van der Waals surface area contributed by atoms with Gasteiger partial charge in [-0.05, 0) is 53.3 Å². The molecule has 0 saturated heterocycles. The Kier molecular flexibility index (Phi) is 5.69. The molecule has 152 valence electrons. The number of benzene rings is 2. The highest BCUT2D eigenvalue weighted by atomic mass is 35.5. The summed E-state index contributed by atoms with van der Waals surface area (Å²) < 4.78 is 0. The molecule has 0 bridgehead atoms. The minimum absolute atomic E-state index is 0.232. The van der Waals surface area contributed by atoms with Gasteiger partial charge in [-0.15, -0.1) is 11.3 Å². The zero-order valence-electron chi connectivity index (χ0n) is 16.3. The Bertz CT molecular complexity index is 1130. The van der Waals surface area contributed by atoms with Gasteiger partial charge in [-0.25, -0.2) is 4.90 Å². The van der Waals surface area contributed by atoms with Gasteiger partial charge in [0.05, 0.1) is 11.3 Å². The second kappa shape index (κ2) is 8.26. The van der Waals surface area contributed by atoms with E-state index in [4.69, 9.17) is 23.2 Å². The molecule has 0 fully saturated rings. The third-order valence-corrected chi connectivity index (χ3v) is 6.13. The van der Waals surface area contributed by atoms with Crippen molar-refractivity contribution >= 4 is 63.3 Å². The van der Waals surface area contributed by atoms with Gasteiger partial charge in [-0.1, -0.05) is 55.2 Å². The molecule has 4 rings (SSSR count). The molecule has 2 aromatic carbocycles. The Morgan fingerprint density at radius 2 is 1.60 bits per heavy atom. The number of carbonyl (C=O) groups excluding carboxylic acids is 2. The number of nitrogens with zero attached hydrogens (tertiary/aromatic N) is 1. The highest BCUT2D eigenvalue weighted by Gasteiger charge is 2.41. The largest absolute Gasteiger partial charge is 0.350 e. The number of thiophene rings is 1. The van der Waals surface area contributed by atoms with E-state index in [0.29, 0.717) is 32.1 Å². The molecule has 2 heterocycles. The van der Waals surface area contributed by atoms with Crippen molar-refractivity contribution in [1.29, 1.82) is 0 Å². The molecule has 1 aliphatic rings. The molecule has 0 aliphatic carbocycles. The molecule has 0 unspecified atom stereocenters. The number of anilines is 2. The number of amides is 2. The van der Waals surface area contributed by atoms with Crippen molar-refractivity contribution in [3.8, 4) is 0 Å². The van der Waals surface area contributed by atoms with Crippen molar-refractivity contribution in [2.45, 2.75) is 19.8 Å². The lowest BCUT2D eigenvalue weighted by atomic mass is 10.0. The molecule has 1 N–H and O–H groups in total. The SMILES string of the molecule is CC(C)c1ccc(NC2=C(c3cccs3)C(=O)N(c3cc(Cl)cc(Cl)c3)C2=O)cc1. The van der Waals surface area contributed by atoms with E-state index >= 15 is 0 Å². The summed E-state index contributed by atoms with van der Waals surface area (Å²) in [6.07, 6.45) is 0. The standard InChI is InChI=1S/C23H18Cl2N2O2S/c1-13(2)14-5-7-17(8-6-14)26-21-20(19-4-3-9-30-19)22(28)27(23(21)29)18-11-15(24)10-16(25)12-18/h3-13,26H,1-2H3. The second-order valence-electron chi connectivity index (χ2n) is 7.20. The maximum atomic E-state index is 13.3. The van der Waals surface area contributed by atoms with E-state index in [1.54, 1.807) is 18.2 Å². The van der Waals surface area contributed by atoms with Crippen LogP contribution in [-0.2, 0) is 9.59 Å². The fourth-order valence-corrected chi connectivity index (χ4v) is 4.58. The molecule has 3 aromatic rings. The summed E-state index contributed by atoms with van der Waals surface area (Å²) in [5.74, 6) is -0.463. The van der Waals surface area contributed by atoms with Crippen molar-refractivity contribution in [1.82, 2.24) is 0 Å². The van der Waals surface area contributed by atoms with Crippen molar-refractivity contribution in [3.05, 3.63) is 86.2 Å². The highest BCUT2D eigenvalue weighted by Crippen LogP contribution is 2.37. The summed E-state index contributed by atoms with van der Waals surface area (Å²) in [5.41, 5.74) is 2.83. The number of rotatable bonds is 5. The number of halogens is 2. The van der Waals surface area contributed by atoms with Gasteiger partial charge in [-0.2, -0.15) is 0 Å². The number of carbonyl (C=O) groups is 2. The lowest BCUT2D eigenvalue weighted by Crippen LogP contribution is -2.32. The van der Waals surface area contributed by atoms with Gasteiger partial charge in [0.2, 0.25) is 0 Å². The zero-order valence-corrected chi connectivity index (χ0v) is 18.6. The van der Waals surface area contributed by atoms with Crippen LogP contribution in [0.3, 0.4) is 0 Å². The van der Waals surface area contributed by atoms with Crippen LogP contribution in [0.2, 0.25) is 10.0 Å². The molecule has 1 aromatic heterocycles. The first kappa shape index (κ1) is 20.7. The summed E-state index contributed by atoms with van der Waals surface area (Å²) in [6.45, 7) is 4.24. The number of hydrogen-bond donors (Lipinski definition) is 1. The number of hydrogen-bond acceptors (Lipinski definition) is 4. The van der Waals surface area contributed by atoms with Gasteiger partial charge in [0.1, 0.15) is 5.70 Å². The molecule has 0 saturated carbocycles. The third-order valence-electron chi connectivity index (χ3n) is 4.80. The van der Waals surface area contributed by atoms with Crippen LogP contribution in [0.1, 0.15) is 30.2 Å². The first-order valence-electron chi connectivity index (χ1n) is 9.35. The fraction of sp³-hybridized carbons (Fsp3) is 0.130. The molecular formula is C23H18Cl2N2O2S. The number of imide groups is 1. The van der Waals surface area contributed by atoms with Crippen LogP contribution in [0.4, 0.5) is 11.4 Å². The van der Waals surface area contributed by atoms with Gasteiger partial charge in [-0.3, -0.25) is 9.59 Å². The normalized spacial score (nSPS) is 14.2. The summed E-state index contributed by atoms with van der Waals surface area (Å²) in [4.78, 5) is 28.5. The van der Waals surface area contributed by atoms with Crippen LogP contribution >= 0.6 is 34.5 Å². The first-order valence-corrected chi connectivity index (χ1v) is 11.0. The van der Waals surface area contributed by atoms with Gasteiger partial charge >= 0.3 is 0 Å². The van der Waals surface area contributed by atoms with Crippen LogP contribution < -0.4 is 10.2 Å². The van der Waals surface area contributed by atoms with E-state index in [1.165, 1.54) is 16.9 Å². The summed E-state index contributed by atoms with van der Waals surface area (Å²) in [6, 6.07) is 16.2. The zero-order chi connectivity index (χ0) is 21.4. The quantitative estimate of drug-likeness (QED) is 0.441. The average molecular weight is 457 g/mol. The Morgan fingerprint density at radius 1 is 0.933 bits per heavy atom. The lowest BCUT2D eigenvalue weighted by Gasteiger charge is -2.16. The van der Waals surface area contributed by atoms with Gasteiger partial charge in [0, 0.05) is 20.6 Å². The average Bonchev–Trinajstić information content (AvgIpc) is 3.28. The summed E-state index contributed by atoms with van der Waals surface area (Å²) in [7, 11) is 0. The lowest BCUT2D eigenvalue weighted by molar-refractivity contribution is -0.120. The van der Waals surface area contributed by atoms with Crippen LogP contribution in [0, 0.1) is 0 Å². The summed E-state index contributed by atoms with van der Waals surface area (Å²) >= 11 is 13.6. The van der Waals surface area contributed by atoms with Gasteiger partial charge in [0.15, 0.2) is 0 Å². The van der Waals surface area contributed by atoms with Gasteiger partial charge < -0.3 is 5.32 Å². The fourth-order valence-electron chi connectivity index (χ4n) is 3.29. The van der Waals surface area contributed by atoms with E-state index in [0.717, 1.165) is 10.6 Å². The maximum absolute atomic E-state index is 13.3. The first-order chi connectivity index (χ1) is 14.3. The Hall–Kier alpha value is -2.60. The molecule has 7 heteroatoms. The highest BCUT2D eigenvalue weighted by molar-refractivity contribution is 7.11. The predicted molar refractivity (Wildman–Crippen MR) is 124 cm³/mol. The molecular weight excluding hydrogens is 439 g/mol. The third kappa shape index (κ3) is 3.88. The minimum Gasteiger partial charge on any atom is -0.350 e. The Morgan fingerprint density at radius 3 is 2.17 bits per heavy atom. The van der Waals surface area contributed by atoms with Crippen LogP contribution in [0.5, 0.6) is 0 Å². The molecule has 0 atom stereocenters. The van der Waals surface area contributed by atoms with E-state index in [2.05, 4.69) is 19.2 Å². The molecule has 4 nitrogen and oxygen atoms in total. The predicted octanol–water partition coefficient (Wildman–Crippen LogP) is 6.57. The Balaban J connectivity index is 1.76. The van der Waals surface area contributed by atoms with Crippen molar-refractivity contribution in [3.63, 3.8) is 0 Å². The number of nitrogens with one attached hydrogen (secondary N) is 1. The van der Waals surface area contributed by atoms with Crippen LogP contribution in [-0.4, -0.2) is 11.8 Å². The van der Waals surface area contributed by atoms with Crippen LogP contribution in [0.25, 0.3) is 5.57 Å². The second-order valence-corrected chi connectivity index (χ2v) is 9.02. The van der Waals surface area contributed by atoms with E-state index < -0.39 is 11.8 Å². The molecule has 2 amide bonds. The summed E-state index contributed by atoms with van der Waals surface area (Å²) in [5, 5.41) is 5.73. The van der Waals surface area contributed by atoms with Crippen LogP contribution in [0.15, 0.2) is 65.7 Å². The topological polar surface area (TPSA) is 49.4 Å². The van der Waals surface area contributed by atoms with Crippen molar-refractivity contribution in [2.75, 3.05) is 10.2 Å². The van der Waals surface area contributed by atoms with Gasteiger partial charge in [0.25, 0.3) is 11.8 Å². The monoisotopic (exact) mass is 456 g/mol. The van der Waals surface area contributed by atoms with E-state index in [-0.39, 0.29) is 5.70 Å². The van der Waals surface area contributed by atoms with E-state index in [9.17, 15) is 9.59 Å². The Labute approximate surface area is 188 Å². The van der Waals surface area contributed by atoms with E-state index in [1.807, 2.05) is 41.8 Å². The minimum atomic E-state index is -0.449. The molecule has 0 spiro atoms. The smallest absolute Gasteiger partial charge is 0.282 e. The van der Waals surface area contributed by atoms with Crippen molar-refractivity contribution < 1.29 is 9.59 Å². The van der Waals surface area contributed by atoms with Crippen molar-refractivity contribution in [2.24, 2.45) is 0 Å².